The fourth-order valence-corrected chi connectivity index (χ4v) is 1.83. The van der Waals surface area contributed by atoms with Crippen molar-refractivity contribution in [2.24, 2.45) is 0 Å². The zero-order valence-corrected chi connectivity index (χ0v) is 10.2. The third-order valence-electron chi connectivity index (χ3n) is 2.55. The summed E-state index contributed by atoms with van der Waals surface area (Å²) >= 11 is 5.89. The van der Waals surface area contributed by atoms with E-state index in [-0.39, 0.29) is 0 Å². The summed E-state index contributed by atoms with van der Waals surface area (Å²) in [7, 11) is 0. The Kier molecular flexibility index (Phi) is 2.86. The van der Waals surface area contributed by atoms with Gasteiger partial charge in [-0.2, -0.15) is 0 Å². The zero-order valence-electron chi connectivity index (χ0n) is 9.45. The minimum atomic E-state index is 0.368. The molecule has 0 radical (unpaired) electrons. The van der Waals surface area contributed by atoms with Gasteiger partial charge >= 0.3 is 0 Å². The molecular weight excluding hydrogens is 250 g/mol. The van der Waals surface area contributed by atoms with Crippen molar-refractivity contribution < 1.29 is 4.74 Å². The van der Waals surface area contributed by atoms with Crippen LogP contribution in [0.25, 0.3) is 5.65 Å². The number of hydrogen-bond acceptors (Lipinski definition) is 3. The molecule has 0 unspecified atom stereocenters. The van der Waals surface area contributed by atoms with Crippen LogP contribution in [0.4, 0.5) is 0 Å². The van der Waals surface area contributed by atoms with E-state index < -0.39 is 0 Å². The molecule has 0 saturated heterocycles. The lowest BCUT2D eigenvalue weighted by molar-refractivity contribution is 0.294. The van der Waals surface area contributed by atoms with Crippen LogP contribution in [0.2, 0.25) is 5.02 Å². The fraction of sp³-hybridized carbons (Fsp3) is 0.0769. The van der Waals surface area contributed by atoms with Gasteiger partial charge in [-0.3, -0.25) is 4.40 Å². The first-order chi connectivity index (χ1) is 8.83. The van der Waals surface area contributed by atoms with Gasteiger partial charge in [0.1, 0.15) is 12.4 Å². The van der Waals surface area contributed by atoms with Crippen molar-refractivity contribution in [2.75, 3.05) is 0 Å². The maximum atomic E-state index is 5.89. The summed E-state index contributed by atoms with van der Waals surface area (Å²) in [5, 5.41) is 8.77. The van der Waals surface area contributed by atoms with Gasteiger partial charge in [-0.05, 0) is 18.2 Å². The summed E-state index contributed by atoms with van der Waals surface area (Å²) in [6, 6.07) is 13.2. The number of hydrogen-bond donors (Lipinski definition) is 0. The van der Waals surface area contributed by atoms with Gasteiger partial charge in [-0.1, -0.05) is 29.8 Å². The van der Waals surface area contributed by atoms with Gasteiger partial charge in [0.2, 0.25) is 0 Å². The molecule has 0 fully saturated rings. The normalized spacial score (nSPS) is 10.7. The highest BCUT2D eigenvalue weighted by molar-refractivity contribution is 6.30. The minimum Gasteiger partial charge on any atom is -0.486 e. The molecule has 0 amide bonds. The van der Waals surface area contributed by atoms with Gasteiger partial charge < -0.3 is 4.74 Å². The summed E-state index contributed by atoms with van der Waals surface area (Å²) in [4.78, 5) is 0. The first-order valence-corrected chi connectivity index (χ1v) is 5.88. The van der Waals surface area contributed by atoms with Crippen molar-refractivity contribution in [3.63, 3.8) is 0 Å². The predicted octanol–water partition coefficient (Wildman–Crippen LogP) is 2.96. The molecule has 0 aliphatic rings. The van der Waals surface area contributed by atoms with Crippen LogP contribution in [0.3, 0.4) is 0 Å². The van der Waals surface area contributed by atoms with Crippen LogP contribution in [0.5, 0.6) is 5.75 Å². The number of halogens is 1. The summed E-state index contributed by atoms with van der Waals surface area (Å²) in [6.45, 7) is 0.368. The molecule has 18 heavy (non-hydrogen) atoms. The molecule has 0 aliphatic heterocycles. The predicted molar refractivity (Wildman–Crippen MR) is 68.8 cm³/mol. The van der Waals surface area contributed by atoms with Gasteiger partial charge in [0.25, 0.3) is 0 Å². The van der Waals surface area contributed by atoms with E-state index in [1.165, 1.54) is 0 Å². The van der Waals surface area contributed by atoms with Gasteiger partial charge in [-0.15, -0.1) is 10.2 Å². The molecule has 0 aliphatic carbocycles. The SMILES string of the molecule is Clc1ccn2c(COc3ccccc3)nnc2c1. The number of ether oxygens (including phenoxy) is 1. The van der Waals surface area contributed by atoms with Crippen LogP contribution >= 0.6 is 11.6 Å². The average Bonchev–Trinajstić information content (AvgIpc) is 2.80. The number of aromatic nitrogens is 3. The lowest BCUT2D eigenvalue weighted by Gasteiger charge is -2.04. The molecule has 0 bridgehead atoms. The Balaban J connectivity index is 1.83. The Morgan fingerprint density at radius 2 is 1.94 bits per heavy atom. The third kappa shape index (κ3) is 2.15. The van der Waals surface area contributed by atoms with Crippen LogP contribution in [0, 0.1) is 0 Å². The molecule has 2 heterocycles. The fourth-order valence-electron chi connectivity index (χ4n) is 1.68. The molecule has 90 valence electrons. The molecule has 0 N–H and O–H groups in total. The third-order valence-corrected chi connectivity index (χ3v) is 2.79. The second-order valence-corrected chi connectivity index (χ2v) is 4.23. The monoisotopic (exact) mass is 259 g/mol. The number of rotatable bonds is 3. The minimum absolute atomic E-state index is 0.368. The standard InChI is InChI=1S/C13H10ClN3O/c14-10-6-7-17-12(8-10)15-16-13(17)9-18-11-4-2-1-3-5-11/h1-8H,9H2. The highest BCUT2D eigenvalue weighted by atomic mass is 35.5. The molecule has 0 atom stereocenters. The molecular formula is C13H10ClN3O. The molecule has 0 saturated carbocycles. The second kappa shape index (κ2) is 4.66. The molecule has 4 nitrogen and oxygen atoms in total. The number of fused-ring (bicyclic) bond motifs is 1. The van der Waals surface area contributed by atoms with E-state index in [1.54, 1.807) is 12.1 Å². The zero-order chi connectivity index (χ0) is 12.4. The largest absolute Gasteiger partial charge is 0.486 e. The van der Waals surface area contributed by atoms with Crippen LogP contribution in [0.15, 0.2) is 48.7 Å². The van der Waals surface area contributed by atoms with Gasteiger partial charge in [0, 0.05) is 17.3 Å². The first-order valence-electron chi connectivity index (χ1n) is 5.50. The maximum absolute atomic E-state index is 5.89. The highest BCUT2D eigenvalue weighted by Gasteiger charge is 2.06. The van der Waals surface area contributed by atoms with E-state index in [4.69, 9.17) is 16.3 Å². The van der Waals surface area contributed by atoms with Crippen LogP contribution < -0.4 is 4.74 Å². The number of pyridine rings is 1. The number of benzene rings is 1. The van der Waals surface area contributed by atoms with Crippen LogP contribution in [-0.4, -0.2) is 14.6 Å². The van der Waals surface area contributed by atoms with Gasteiger partial charge in [0.15, 0.2) is 11.5 Å². The summed E-state index contributed by atoms with van der Waals surface area (Å²) in [6.07, 6.45) is 1.83. The molecule has 2 aromatic heterocycles. The topological polar surface area (TPSA) is 39.4 Å². The first kappa shape index (κ1) is 11.0. The maximum Gasteiger partial charge on any atom is 0.175 e. The van der Waals surface area contributed by atoms with Crippen molar-refractivity contribution in [1.29, 1.82) is 0 Å². The molecule has 0 spiro atoms. The summed E-state index contributed by atoms with van der Waals surface area (Å²) in [5.41, 5.74) is 0.717. The van der Waals surface area contributed by atoms with E-state index in [9.17, 15) is 0 Å². The second-order valence-electron chi connectivity index (χ2n) is 3.79. The highest BCUT2D eigenvalue weighted by Crippen LogP contribution is 2.14. The summed E-state index contributed by atoms with van der Waals surface area (Å²) in [5.74, 6) is 1.55. The lowest BCUT2D eigenvalue weighted by Crippen LogP contribution is -2.01. The van der Waals surface area contributed by atoms with Gasteiger partial charge in [0.05, 0.1) is 0 Å². The number of nitrogens with zero attached hydrogens (tertiary/aromatic N) is 3. The van der Waals surface area contributed by atoms with E-state index in [0.29, 0.717) is 17.3 Å². The molecule has 3 aromatic rings. The van der Waals surface area contributed by atoms with E-state index in [1.807, 2.05) is 40.9 Å². The van der Waals surface area contributed by atoms with Crippen molar-refractivity contribution in [3.8, 4) is 5.75 Å². The van der Waals surface area contributed by atoms with Crippen molar-refractivity contribution in [1.82, 2.24) is 14.6 Å². The molecule has 1 aromatic carbocycles. The Labute approximate surface area is 109 Å². The van der Waals surface area contributed by atoms with Gasteiger partial charge in [-0.25, -0.2) is 0 Å². The quantitative estimate of drug-likeness (QED) is 0.726. The molecule has 5 heteroatoms. The molecule has 3 rings (SSSR count). The van der Waals surface area contributed by atoms with Crippen LogP contribution in [-0.2, 0) is 6.61 Å². The summed E-state index contributed by atoms with van der Waals surface area (Å²) < 4.78 is 7.49. The Bertz CT molecular complexity index is 666. The Morgan fingerprint density at radius 1 is 1.11 bits per heavy atom. The van der Waals surface area contributed by atoms with E-state index in [2.05, 4.69) is 10.2 Å². The van der Waals surface area contributed by atoms with E-state index >= 15 is 0 Å². The lowest BCUT2D eigenvalue weighted by atomic mass is 10.3. The van der Waals surface area contributed by atoms with Crippen molar-refractivity contribution in [2.45, 2.75) is 6.61 Å². The van der Waals surface area contributed by atoms with Crippen molar-refractivity contribution in [3.05, 3.63) is 59.5 Å². The smallest absolute Gasteiger partial charge is 0.175 e. The average molecular weight is 260 g/mol. The Morgan fingerprint density at radius 3 is 2.78 bits per heavy atom. The van der Waals surface area contributed by atoms with Crippen molar-refractivity contribution >= 4 is 17.2 Å². The van der Waals surface area contributed by atoms with E-state index in [0.717, 1.165) is 11.6 Å². The number of para-hydroxylation sites is 1. The Hall–Kier alpha value is -2.07. The van der Waals surface area contributed by atoms with Crippen LogP contribution in [0.1, 0.15) is 5.82 Å².